The number of benzene rings is 1. The van der Waals surface area contributed by atoms with Gasteiger partial charge in [0.15, 0.2) is 0 Å². The molecular formula is C9H8ClFN2O2. The van der Waals surface area contributed by atoms with Crippen molar-refractivity contribution in [2.45, 2.75) is 0 Å². The number of rotatable bonds is 2. The molecule has 1 aromatic rings. The van der Waals surface area contributed by atoms with Gasteiger partial charge in [-0.15, -0.1) is 0 Å². The number of amides is 1. The number of methoxy groups -OCH3 is 1. The molecule has 0 spiro atoms. The molecule has 0 heterocycles. The first-order chi connectivity index (χ1) is 7.15. The summed E-state index contributed by atoms with van der Waals surface area (Å²) in [7, 11) is 1.20. The zero-order valence-electron chi connectivity index (χ0n) is 7.83. The second kappa shape index (κ2) is 5.31. The van der Waals surface area contributed by atoms with E-state index in [1.807, 2.05) is 5.43 Å². The van der Waals surface area contributed by atoms with Crippen LogP contribution in [0.4, 0.5) is 9.18 Å². The smallest absolute Gasteiger partial charge is 0.427 e. The molecule has 0 aliphatic heterocycles. The van der Waals surface area contributed by atoms with Gasteiger partial charge in [-0.25, -0.2) is 14.6 Å². The number of carbonyl (C=O) groups is 1. The predicted octanol–water partition coefficient (Wildman–Crippen LogP) is 2.17. The van der Waals surface area contributed by atoms with E-state index < -0.39 is 11.9 Å². The van der Waals surface area contributed by atoms with Crippen molar-refractivity contribution in [3.63, 3.8) is 0 Å². The highest BCUT2D eigenvalue weighted by Gasteiger charge is 2.03. The van der Waals surface area contributed by atoms with Crippen molar-refractivity contribution in [2.75, 3.05) is 7.11 Å². The molecule has 1 rings (SSSR count). The highest BCUT2D eigenvalue weighted by Crippen LogP contribution is 2.16. The summed E-state index contributed by atoms with van der Waals surface area (Å²) < 4.78 is 17.4. The molecule has 0 atom stereocenters. The SMILES string of the molecule is COC(=O)NN=Cc1c(F)cccc1Cl. The van der Waals surface area contributed by atoms with Crippen molar-refractivity contribution in [1.29, 1.82) is 0 Å². The Kier molecular flexibility index (Phi) is 4.05. The molecule has 0 radical (unpaired) electrons. The number of hydrazone groups is 1. The maximum atomic E-state index is 13.1. The number of nitrogens with one attached hydrogen (secondary N) is 1. The van der Waals surface area contributed by atoms with Gasteiger partial charge >= 0.3 is 6.09 Å². The van der Waals surface area contributed by atoms with Crippen molar-refractivity contribution in [3.05, 3.63) is 34.6 Å². The molecule has 1 N–H and O–H groups in total. The lowest BCUT2D eigenvalue weighted by atomic mass is 10.2. The summed E-state index contributed by atoms with van der Waals surface area (Å²) in [6.45, 7) is 0. The van der Waals surface area contributed by atoms with Crippen LogP contribution in [0, 0.1) is 5.82 Å². The van der Waals surface area contributed by atoms with E-state index in [0.717, 1.165) is 6.21 Å². The molecule has 0 aliphatic carbocycles. The molecule has 0 unspecified atom stereocenters. The van der Waals surface area contributed by atoms with Crippen molar-refractivity contribution >= 4 is 23.9 Å². The van der Waals surface area contributed by atoms with Gasteiger partial charge < -0.3 is 4.74 Å². The summed E-state index contributed by atoms with van der Waals surface area (Å²) in [4.78, 5) is 10.6. The Hall–Kier alpha value is -1.62. The zero-order valence-corrected chi connectivity index (χ0v) is 8.58. The Balaban J connectivity index is 2.76. The van der Waals surface area contributed by atoms with Crippen molar-refractivity contribution in [2.24, 2.45) is 5.10 Å². The molecular weight excluding hydrogens is 223 g/mol. The molecule has 0 aliphatic rings. The second-order valence-electron chi connectivity index (χ2n) is 2.50. The first kappa shape index (κ1) is 11.5. The van der Waals surface area contributed by atoms with Crippen LogP contribution in [0.1, 0.15) is 5.56 Å². The van der Waals surface area contributed by atoms with E-state index in [2.05, 4.69) is 9.84 Å². The quantitative estimate of drug-likeness (QED) is 0.625. The lowest BCUT2D eigenvalue weighted by Gasteiger charge is -1.99. The van der Waals surface area contributed by atoms with E-state index in [0.29, 0.717) is 0 Å². The highest BCUT2D eigenvalue weighted by molar-refractivity contribution is 6.33. The minimum Gasteiger partial charge on any atom is -0.452 e. The van der Waals surface area contributed by atoms with E-state index in [4.69, 9.17) is 11.6 Å². The van der Waals surface area contributed by atoms with Crippen LogP contribution in [-0.4, -0.2) is 19.4 Å². The monoisotopic (exact) mass is 230 g/mol. The average molecular weight is 231 g/mol. The Bertz CT molecular complexity index is 375. The Morgan fingerprint density at radius 3 is 3.00 bits per heavy atom. The molecule has 0 saturated heterocycles. The second-order valence-corrected chi connectivity index (χ2v) is 2.90. The zero-order chi connectivity index (χ0) is 11.3. The van der Waals surface area contributed by atoms with E-state index in [-0.39, 0.29) is 10.6 Å². The number of ether oxygens (including phenoxy) is 1. The van der Waals surface area contributed by atoms with Crippen LogP contribution in [0.25, 0.3) is 0 Å². The van der Waals surface area contributed by atoms with Crippen LogP contribution in [0.5, 0.6) is 0 Å². The molecule has 0 aromatic heterocycles. The Morgan fingerprint density at radius 1 is 1.67 bits per heavy atom. The normalized spacial score (nSPS) is 10.3. The van der Waals surface area contributed by atoms with Crippen molar-refractivity contribution in [1.82, 2.24) is 5.43 Å². The molecule has 15 heavy (non-hydrogen) atoms. The van der Waals surface area contributed by atoms with E-state index in [1.54, 1.807) is 0 Å². The topological polar surface area (TPSA) is 50.7 Å². The fraction of sp³-hybridized carbons (Fsp3) is 0.111. The minimum absolute atomic E-state index is 0.107. The van der Waals surface area contributed by atoms with Crippen LogP contribution in [0.15, 0.2) is 23.3 Å². The molecule has 0 saturated carbocycles. The first-order valence-electron chi connectivity index (χ1n) is 3.96. The first-order valence-corrected chi connectivity index (χ1v) is 4.34. The van der Waals surface area contributed by atoms with Crippen LogP contribution in [0.3, 0.4) is 0 Å². The molecule has 6 heteroatoms. The lowest BCUT2D eigenvalue weighted by Crippen LogP contribution is -2.16. The molecule has 80 valence electrons. The van der Waals surface area contributed by atoms with Gasteiger partial charge in [0, 0.05) is 5.56 Å². The summed E-state index contributed by atoms with van der Waals surface area (Å²) in [6.07, 6.45) is 0.368. The van der Waals surface area contributed by atoms with Crippen molar-refractivity contribution in [3.8, 4) is 0 Å². The van der Waals surface area contributed by atoms with Gasteiger partial charge in [0.1, 0.15) is 5.82 Å². The number of hydrogen-bond donors (Lipinski definition) is 1. The average Bonchev–Trinajstić information content (AvgIpc) is 2.22. The minimum atomic E-state index is -0.737. The Morgan fingerprint density at radius 2 is 2.40 bits per heavy atom. The van der Waals surface area contributed by atoms with Gasteiger partial charge in [-0.05, 0) is 12.1 Å². The highest BCUT2D eigenvalue weighted by atomic mass is 35.5. The maximum absolute atomic E-state index is 13.1. The largest absolute Gasteiger partial charge is 0.452 e. The van der Waals surface area contributed by atoms with Gasteiger partial charge in [0.2, 0.25) is 0 Å². The van der Waals surface area contributed by atoms with Gasteiger partial charge in [-0.1, -0.05) is 17.7 Å². The summed E-state index contributed by atoms with van der Waals surface area (Å²) >= 11 is 5.70. The molecule has 0 bridgehead atoms. The number of hydrogen-bond acceptors (Lipinski definition) is 3. The van der Waals surface area contributed by atoms with E-state index in [1.165, 1.54) is 25.3 Å². The number of carbonyl (C=O) groups excluding carboxylic acids is 1. The van der Waals surface area contributed by atoms with Crippen LogP contribution < -0.4 is 5.43 Å². The number of halogens is 2. The third kappa shape index (κ3) is 3.21. The maximum Gasteiger partial charge on any atom is 0.427 e. The van der Waals surface area contributed by atoms with Gasteiger partial charge in [-0.2, -0.15) is 5.10 Å². The van der Waals surface area contributed by atoms with Gasteiger partial charge in [0.05, 0.1) is 18.3 Å². The van der Waals surface area contributed by atoms with Crippen LogP contribution in [-0.2, 0) is 4.74 Å². The summed E-state index contributed by atoms with van der Waals surface area (Å²) in [5.74, 6) is -0.516. The molecule has 4 nitrogen and oxygen atoms in total. The molecule has 0 fully saturated rings. The standard InChI is InChI=1S/C9H8ClFN2O2/c1-15-9(14)13-12-5-6-7(10)3-2-4-8(6)11/h2-5H,1H3,(H,13,14). The third-order valence-corrected chi connectivity index (χ3v) is 1.86. The third-order valence-electron chi connectivity index (χ3n) is 1.53. The molecule has 1 amide bonds. The summed E-state index contributed by atoms with van der Waals surface area (Å²) in [6, 6.07) is 4.23. The van der Waals surface area contributed by atoms with E-state index >= 15 is 0 Å². The fourth-order valence-electron chi connectivity index (χ4n) is 0.829. The fourth-order valence-corrected chi connectivity index (χ4v) is 1.04. The lowest BCUT2D eigenvalue weighted by molar-refractivity contribution is 0.171. The number of nitrogens with zero attached hydrogens (tertiary/aromatic N) is 1. The van der Waals surface area contributed by atoms with Crippen LogP contribution >= 0.6 is 11.6 Å². The van der Waals surface area contributed by atoms with Crippen molar-refractivity contribution < 1.29 is 13.9 Å². The molecule has 1 aromatic carbocycles. The van der Waals surface area contributed by atoms with Crippen LogP contribution in [0.2, 0.25) is 5.02 Å². The van der Waals surface area contributed by atoms with Gasteiger partial charge in [0.25, 0.3) is 0 Å². The van der Waals surface area contributed by atoms with E-state index in [9.17, 15) is 9.18 Å². The predicted molar refractivity (Wildman–Crippen MR) is 54.5 cm³/mol. The summed E-state index contributed by atoms with van der Waals surface area (Å²) in [5.41, 5.74) is 2.13. The summed E-state index contributed by atoms with van der Waals surface area (Å²) in [5, 5.41) is 3.67. The Labute approximate surface area is 90.7 Å². The van der Waals surface area contributed by atoms with Gasteiger partial charge in [-0.3, -0.25) is 0 Å².